The molecule has 10 nitrogen and oxygen atoms in total. The highest BCUT2D eigenvalue weighted by Gasteiger charge is 2.46. The maximum Gasteiger partial charge on any atom is 0.188 e. The molecule has 0 amide bonds. The number of nitrogens with two attached hydrogens (primary N) is 1. The molecule has 0 aromatic rings. The van der Waals surface area contributed by atoms with Crippen LogP contribution in [0.2, 0.25) is 0 Å². The van der Waals surface area contributed by atoms with Crippen molar-refractivity contribution in [3.63, 3.8) is 0 Å². The van der Waals surface area contributed by atoms with Crippen LogP contribution >= 0.6 is 0 Å². The lowest BCUT2D eigenvalue weighted by Crippen LogP contribution is -2.61. The summed E-state index contributed by atoms with van der Waals surface area (Å²) in [5.41, 5.74) is 6.33. The predicted octanol–water partition coefficient (Wildman–Crippen LogP) is 8.52. The van der Waals surface area contributed by atoms with Crippen molar-refractivity contribution >= 4 is 5.78 Å². The number of Topliss-reactive ketones (excluding diaryl/α,β-unsaturated/α-hetero) is 1. The van der Waals surface area contributed by atoms with Crippen LogP contribution in [0.4, 0.5) is 0 Å². The van der Waals surface area contributed by atoms with Gasteiger partial charge in [-0.2, -0.15) is 0 Å². The van der Waals surface area contributed by atoms with E-state index in [-0.39, 0.29) is 12.2 Å². The summed E-state index contributed by atoms with van der Waals surface area (Å²) in [6, 6.07) is 0. The van der Waals surface area contributed by atoms with Crippen molar-refractivity contribution in [1.29, 1.82) is 0 Å². The molecule has 1 unspecified atom stereocenters. The first-order valence-electron chi connectivity index (χ1n) is 23.3. The van der Waals surface area contributed by atoms with Gasteiger partial charge in [-0.1, -0.05) is 200 Å². The number of unbranched alkanes of at least 4 members (excludes halogenated alkanes) is 28. The Kier molecular flexibility index (Phi) is 33.6. The number of ketones is 1. The van der Waals surface area contributed by atoms with Crippen molar-refractivity contribution in [3.05, 3.63) is 0 Å². The van der Waals surface area contributed by atoms with Crippen molar-refractivity contribution in [1.82, 2.24) is 0 Å². The van der Waals surface area contributed by atoms with E-state index in [0.717, 1.165) is 38.5 Å². The van der Waals surface area contributed by atoms with E-state index in [1.807, 2.05) is 0 Å². The standard InChI is InChI=1S/C45H89NO9/c1-3-5-7-9-11-13-14-15-16-17-18-19-20-21-22-23-24-26-27-29-31-33-36(48)39(40(50)37(49)34-32-30-28-25-12-10-8-6-4-2)44(46)55-45-43(53)42(52)41(51)38(35-47)54-45/h37-45,47,49-53H,3-35,46H2,1-2H3/t37-,38-,39+,40-,41+,42+,43-,44?,45-/m1/s1. The van der Waals surface area contributed by atoms with E-state index in [4.69, 9.17) is 15.2 Å². The fourth-order valence-corrected chi connectivity index (χ4v) is 7.96. The van der Waals surface area contributed by atoms with Crippen LogP contribution in [-0.4, -0.2) is 92.2 Å². The minimum atomic E-state index is -1.70. The Labute approximate surface area is 336 Å². The summed E-state index contributed by atoms with van der Waals surface area (Å²) < 4.78 is 11.1. The molecule has 1 heterocycles. The molecule has 9 atom stereocenters. The number of ether oxygens (including phenoxy) is 2. The van der Waals surface area contributed by atoms with E-state index in [0.29, 0.717) is 19.3 Å². The van der Waals surface area contributed by atoms with Gasteiger partial charge >= 0.3 is 0 Å². The second kappa shape index (κ2) is 35.3. The maximum absolute atomic E-state index is 13.6. The van der Waals surface area contributed by atoms with E-state index in [9.17, 15) is 35.4 Å². The van der Waals surface area contributed by atoms with Gasteiger partial charge in [-0.25, -0.2) is 0 Å². The van der Waals surface area contributed by atoms with E-state index in [1.165, 1.54) is 141 Å². The first-order valence-corrected chi connectivity index (χ1v) is 23.3. The number of rotatable bonds is 39. The van der Waals surface area contributed by atoms with Crippen molar-refractivity contribution in [2.75, 3.05) is 6.61 Å². The average molecular weight is 788 g/mol. The van der Waals surface area contributed by atoms with Crippen LogP contribution in [0.3, 0.4) is 0 Å². The number of aliphatic hydroxyl groups is 6. The minimum absolute atomic E-state index is 0.164. The van der Waals surface area contributed by atoms with Crippen LogP contribution < -0.4 is 5.73 Å². The zero-order valence-electron chi connectivity index (χ0n) is 35.5. The van der Waals surface area contributed by atoms with Crippen molar-refractivity contribution in [2.24, 2.45) is 11.7 Å². The normalized spacial score (nSPS) is 22.5. The third-order valence-corrected chi connectivity index (χ3v) is 11.8. The van der Waals surface area contributed by atoms with Crippen molar-refractivity contribution in [3.8, 4) is 0 Å². The van der Waals surface area contributed by atoms with E-state index in [1.54, 1.807) is 0 Å². The summed E-state index contributed by atoms with van der Waals surface area (Å²) in [7, 11) is 0. The zero-order chi connectivity index (χ0) is 40.5. The van der Waals surface area contributed by atoms with Gasteiger partial charge in [-0.15, -0.1) is 0 Å². The van der Waals surface area contributed by atoms with Gasteiger partial charge in [-0.3, -0.25) is 4.79 Å². The Morgan fingerprint density at radius 1 is 0.564 bits per heavy atom. The summed E-state index contributed by atoms with van der Waals surface area (Å²) in [5, 5.41) is 62.6. The van der Waals surface area contributed by atoms with Gasteiger partial charge in [-0.05, 0) is 12.8 Å². The third kappa shape index (κ3) is 24.7. The first-order chi connectivity index (χ1) is 26.7. The predicted molar refractivity (Wildman–Crippen MR) is 222 cm³/mol. The average Bonchev–Trinajstić information content (AvgIpc) is 3.17. The Morgan fingerprint density at radius 3 is 1.31 bits per heavy atom. The van der Waals surface area contributed by atoms with Crippen LogP contribution in [0.15, 0.2) is 0 Å². The molecule has 0 aliphatic carbocycles. The maximum atomic E-state index is 13.6. The number of aliphatic hydroxyl groups excluding tert-OH is 6. The summed E-state index contributed by atoms with van der Waals surface area (Å²) >= 11 is 0. The lowest BCUT2D eigenvalue weighted by atomic mass is 9.87. The summed E-state index contributed by atoms with van der Waals surface area (Å²) in [4.78, 5) is 13.6. The molecule has 8 N–H and O–H groups in total. The van der Waals surface area contributed by atoms with Crippen LogP contribution in [0.1, 0.15) is 219 Å². The molecule has 55 heavy (non-hydrogen) atoms. The quantitative estimate of drug-likeness (QED) is 0.0236. The van der Waals surface area contributed by atoms with Gasteiger partial charge in [0.1, 0.15) is 36.4 Å². The van der Waals surface area contributed by atoms with Crippen molar-refractivity contribution < 1.29 is 44.9 Å². The fourth-order valence-electron chi connectivity index (χ4n) is 7.96. The Hall–Kier alpha value is -0.690. The van der Waals surface area contributed by atoms with Crippen LogP contribution in [0.5, 0.6) is 0 Å². The topological polar surface area (TPSA) is 183 Å². The van der Waals surface area contributed by atoms with E-state index >= 15 is 0 Å². The number of hydrogen-bond acceptors (Lipinski definition) is 10. The molecule has 0 bridgehead atoms. The van der Waals surface area contributed by atoms with Gasteiger partial charge in [0.15, 0.2) is 6.29 Å². The molecular weight excluding hydrogens is 698 g/mol. The highest BCUT2D eigenvalue weighted by Crippen LogP contribution is 2.27. The lowest BCUT2D eigenvalue weighted by molar-refractivity contribution is -0.315. The largest absolute Gasteiger partial charge is 0.394 e. The Bertz CT molecular complexity index is 864. The smallest absolute Gasteiger partial charge is 0.188 e. The molecule has 1 saturated heterocycles. The molecular formula is C45H89NO9. The molecule has 0 spiro atoms. The van der Waals surface area contributed by atoms with Crippen LogP contribution in [0, 0.1) is 5.92 Å². The number of carbonyl (C=O) groups excluding carboxylic acids is 1. The molecule has 0 aromatic carbocycles. The van der Waals surface area contributed by atoms with Crippen LogP contribution in [-0.2, 0) is 14.3 Å². The molecule has 0 aromatic heterocycles. The van der Waals surface area contributed by atoms with Gasteiger partial charge in [0.05, 0.1) is 24.7 Å². The second-order valence-corrected chi connectivity index (χ2v) is 16.8. The lowest BCUT2D eigenvalue weighted by Gasteiger charge is -2.41. The molecule has 328 valence electrons. The van der Waals surface area contributed by atoms with E-state index in [2.05, 4.69) is 13.8 Å². The first kappa shape index (κ1) is 52.3. The summed E-state index contributed by atoms with van der Waals surface area (Å²) in [6.07, 6.45) is 25.4. The molecule has 0 radical (unpaired) electrons. The highest BCUT2D eigenvalue weighted by atomic mass is 16.7. The molecule has 1 fully saturated rings. The second-order valence-electron chi connectivity index (χ2n) is 16.8. The molecule has 1 rings (SSSR count). The van der Waals surface area contributed by atoms with Crippen molar-refractivity contribution in [2.45, 2.75) is 268 Å². The van der Waals surface area contributed by atoms with Gasteiger partial charge in [0.2, 0.25) is 0 Å². The molecule has 1 aliphatic rings. The third-order valence-electron chi connectivity index (χ3n) is 11.8. The van der Waals surface area contributed by atoms with Gasteiger partial charge in [0.25, 0.3) is 0 Å². The summed E-state index contributed by atoms with van der Waals surface area (Å²) in [5.74, 6) is -1.63. The monoisotopic (exact) mass is 788 g/mol. The zero-order valence-corrected chi connectivity index (χ0v) is 35.5. The van der Waals surface area contributed by atoms with E-state index < -0.39 is 61.7 Å². The van der Waals surface area contributed by atoms with Gasteiger partial charge in [0, 0.05) is 6.42 Å². The highest BCUT2D eigenvalue weighted by molar-refractivity contribution is 5.82. The fraction of sp³-hybridized carbons (Fsp3) is 0.978. The Morgan fingerprint density at radius 2 is 0.927 bits per heavy atom. The molecule has 1 aliphatic heterocycles. The van der Waals surface area contributed by atoms with Crippen LogP contribution in [0.25, 0.3) is 0 Å². The van der Waals surface area contributed by atoms with Gasteiger partial charge < -0.3 is 45.8 Å². The summed E-state index contributed by atoms with van der Waals surface area (Å²) in [6.45, 7) is 3.84. The number of carbonyl (C=O) groups is 1. The molecule has 0 saturated carbocycles. The Balaban J connectivity index is 2.39. The molecule has 10 heteroatoms. The SMILES string of the molecule is CCCCCCCCCCCCCCCCCCCCCCCC(=O)[C@H](C(N)O[C@H]1O[C@H](CO)[C@H](O)[C@H](O)[C@H]1O)[C@H](O)[C@H](O)CCCCCCCCCCC. The minimum Gasteiger partial charge on any atom is -0.394 e. The number of hydrogen-bond donors (Lipinski definition) is 7.